The molecule has 1 saturated heterocycles. The van der Waals surface area contributed by atoms with Crippen LogP contribution in [-0.4, -0.2) is 50.1 Å². The van der Waals surface area contributed by atoms with Crippen molar-refractivity contribution in [2.45, 2.75) is 45.3 Å². The van der Waals surface area contributed by atoms with Crippen LogP contribution in [0.15, 0.2) is 18.2 Å². The maximum Gasteiger partial charge on any atom is 0.231 e. The summed E-state index contributed by atoms with van der Waals surface area (Å²) in [5.74, 6) is 1.60. The molecule has 0 aromatic heterocycles. The molecule has 1 unspecified atom stereocenters. The molecule has 26 heavy (non-hydrogen) atoms. The number of carbonyl (C=O) groups is 1. The summed E-state index contributed by atoms with van der Waals surface area (Å²) in [5, 5.41) is -0.414. The molecule has 3 rings (SSSR count). The fourth-order valence-electron chi connectivity index (χ4n) is 3.56. The molecule has 0 radical (unpaired) electrons. The van der Waals surface area contributed by atoms with Crippen LogP contribution in [0.25, 0.3) is 0 Å². The summed E-state index contributed by atoms with van der Waals surface area (Å²) in [6.45, 7) is 6.62. The zero-order valence-corrected chi connectivity index (χ0v) is 16.5. The van der Waals surface area contributed by atoms with E-state index in [-0.39, 0.29) is 30.4 Å². The highest BCUT2D eigenvalue weighted by Gasteiger charge is 2.35. The number of hydrogen-bond donors (Lipinski definition) is 0. The molecule has 2 heterocycles. The van der Waals surface area contributed by atoms with Gasteiger partial charge in [-0.05, 0) is 49.8 Å². The third-order valence-corrected chi connectivity index (χ3v) is 7.49. The largest absolute Gasteiger partial charge is 0.454 e. The summed E-state index contributed by atoms with van der Waals surface area (Å²) in [6, 6.07) is 5.95. The van der Waals surface area contributed by atoms with E-state index in [0.717, 1.165) is 29.9 Å². The van der Waals surface area contributed by atoms with Gasteiger partial charge in [0.2, 0.25) is 12.7 Å². The number of ether oxygens (including phenoxy) is 2. The molecule has 1 aromatic carbocycles. The van der Waals surface area contributed by atoms with Crippen LogP contribution in [0.5, 0.6) is 11.5 Å². The number of nitrogens with zero attached hydrogens (tertiary/aromatic N) is 1. The smallest absolute Gasteiger partial charge is 0.231 e. The summed E-state index contributed by atoms with van der Waals surface area (Å²) >= 11 is 0. The topological polar surface area (TPSA) is 72.9 Å². The standard InChI is InChI=1S/C19H27NO5S/c1-14(2)26(22,23)9-8-20-12-19(3,7-6-18(20)21)11-15-4-5-16-17(10-15)25-13-24-16/h4-5,10,14H,6-9,11-13H2,1-3H3. The predicted octanol–water partition coefficient (Wildman–Crippen LogP) is 2.41. The third-order valence-electron chi connectivity index (χ3n) is 5.30. The zero-order valence-electron chi connectivity index (χ0n) is 15.7. The highest BCUT2D eigenvalue weighted by molar-refractivity contribution is 7.92. The fraction of sp³-hybridized carbons (Fsp3) is 0.632. The van der Waals surface area contributed by atoms with Crippen molar-refractivity contribution in [1.29, 1.82) is 0 Å². The highest BCUT2D eigenvalue weighted by atomic mass is 32.2. The minimum atomic E-state index is -3.15. The van der Waals surface area contributed by atoms with E-state index < -0.39 is 15.1 Å². The fourth-order valence-corrected chi connectivity index (χ4v) is 4.51. The number of amides is 1. The van der Waals surface area contributed by atoms with Gasteiger partial charge in [-0.25, -0.2) is 8.42 Å². The van der Waals surface area contributed by atoms with Crippen molar-refractivity contribution in [3.8, 4) is 11.5 Å². The lowest BCUT2D eigenvalue weighted by Crippen LogP contribution is -2.48. The molecule has 144 valence electrons. The van der Waals surface area contributed by atoms with Gasteiger partial charge in [-0.3, -0.25) is 4.79 Å². The normalized spacial score (nSPS) is 22.9. The van der Waals surface area contributed by atoms with Gasteiger partial charge in [-0.15, -0.1) is 0 Å². The van der Waals surface area contributed by atoms with Crippen LogP contribution < -0.4 is 9.47 Å². The molecule has 0 N–H and O–H groups in total. The van der Waals surface area contributed by atoms with Crippen LogP contribution in [0.4, 0.5) is 0 Å². The monoisotopic (exact) mass is 381 g/mol. The summed E-state index contributed by atoms with van der Waals surface area (Å²) < 4.78 is 34.9. The molecule has 0 bridgehead atoms. The van der Waals surface area contributed by atoms with Crippen molar-refractivity contribution in [3.63, 3.8) is 0 Å². The van der Waals surface area contributed by atoms with E-state index in [9.17, 15) is 13.2 Å². The van der Waals surface area contributed by atoms with Crippen LogP contribution in [0.1, 0.15) is 39.2 Å². The van der Waals surface area contributed by atoms with E-state index in [4.69, 9.17) is 9.47 Å². The first-order valence-electron chi connectivity index (χ1n) is 9.06. The van der Waals surface area contributed by atoms with Gasteiger partial charge in [0.05, 0.1) is 11.0 Å². The molecule has 1 aromatic rings. The third kappa shape index (κ3) is 4.14. The molecule has 6 nitrogen and oxygen atoms in total. The summed E-state index contributed by atoms with van der Waals surface area (Å²) in [7, 11) is -3.15. The Morgan fingerprint density at radius 2 is 1.96 bits per heavy atom. The van der Waals surface area contributed by atoms with E-state index in [2.05, 4.69) is 6.92 Å². The van der Waals surface area contributed by atoms with Crippen LogP contribution in [0.2, 0.25) is 0 Å². The summed E-state index contributed by atoms with van der Waals surface area (Å²) in [6.07, 6.45) is 2.07. The lowest BCUT2D eigenvalue weighted by Gasteiger charge is -2.40. The molecular weight excluding hydrogens is 354 g/mol. The maximum atomic E-state index is 12.3. The highest BCUT2D eigenvalue weighted by Crippen LogP contribution is 2.37. The number of fused-ring (bicyclic) bond motifs is 1. The summed E-state index contributed by atoms with van der Waals surface area (Å²) in [4.78, 5) is 14.0. The first-order chi connectivity index (χ1) is 12.2. The molecule has 7 heteroatoms. The second-order valence-corrected chi connectivity index (χ2v) is 10.6. The Labute approximate surface area is 155 Å². The Bertz CT molecular complexity index is 789. The van der Waals surface area contributed by atoms with Gasteiger partial charge < -0.3 is 14.4 Å². The SMILES string of the molecule is CC(C)S(=O)(=O)CCN1CC(C)(Cc2ccc3c(c2)OCO3)CCC1=O. The zero-order chi connectivity index (χ0) is 18.9. The van der Waals surface area contributed by atoms with E-state index >= 15 is 0 Å². The maximum absolute atomic E-state index is 12.3. The van der Waals surface area contributed by atoms with Crippen molar-refractivity contribution >= 4 is 15.7 Å². The van der Waals surface area contributed by atoms with Gasteiger partial charge in [0, 0.05) is 19.5 Å². The van der Waals surface area contributed by atoms with Gasteiger partial charge in [0.15, 0.2) is 21.3 Å². The van der Waals surface area contributed by atoms with Gasteiger partial charge in [-0.1, -0.05) is 13.0 Å². The van der Waals surface area contributed by atoms with Gasteiger partial charge >= 0.3 is 0 Å². The number of piperidine rings is 1. The molecule has 0 spiro atoms. The average molecular weight is 381 g/mol. The van der Waals surface area contributed by atoms with Crippen molar-refractivity contribution in [2.24, 2.45) is 5.41 Å². The van der Waals surface area contributed by atoms with E-state index in [0.29, 0.717) is 13.0 Å². The molecule has 2 aliphatic heterocycles. The molecule has 0 saturated carbocycles. The Morgan fingerprint density at radius 3 is 2.69 bits per heavy atom. The number of carbonyl (C=O) groups excluding carboxylic acids is 1. The quantitative estimate of drug-likeness (QED) is 0.757. The van der Waals surface area contributed by atoms with Crippen LogP contribution in [-0.2, 0) is 21.1 Å². The Morgan fingerprint density at radius 1 is 1.23 bits per heavy atom. The molecule has 2 aliphatic rings. The van der Waals surface area contributed by atoms with Gasteiger partial charge in [0.1, 0.15) is 0 Å². The lowest BCUT2D eigenvalue weighted by atomic mass is 9.76. The molecular formula is C19H27NO5S. The van der Waals surface area contributed by atoms with Gasteiger partial charge in [-0.2, -0.15) is 0 Å². The molecule has 1 amide bonds. The van der Waals surface area contributed by atoms with E-state index in [1.54, 1.807) is 18.7 Å². The van der Waals surface area contributed by atoms with Crippen LogP contribution in [0.3, 0.4) is 0 Å². The van der Waals surface area contributed by atoms with E-state index in [1.165, 1.54) is 0 Å². The van der Waals surface area contributed by atoms with Crippen molar-refractivity contribution in [1.82, 2.24) is 4.90 Å². The average Bonchev–Trinajstić information content (AvgIpc) is 3.03. The first kappa shape index (κ1) is 19.0. The van der Waals surface area contributed by atoms with E-state index in [1.807, 2.05) is 18.2 Å². The predicted molar refractivity (Wildman–Crippen MR) is 99.1 cm³/mol. The van der Waals surface area contributed by atoms with Crippen LogP contribution >= 0.6 is 0 Å². The van der Waals surface area contributed by atoms with Crippen molar-refractivity contribution in [3.05, 3.63) is 23.8 Å². The first-order valence-corrected chi connectivity index (χ1v) is 10.8. The number of sulfone groups is 1. The number of likely N-dealkylation sites (tertiary alicyclic amines) is 1. The Hall–Kier alpha value is -1.76. The molecule has 1 fully saturated rings. The number of benzene rings is 1. The lowest BCUT2D eigenvalue weighted by molar-refractivity contribution is -0.136. The summed E-state index contributed by atoms with van der Waals surface area (Å²) in [5.41, 5.74) is 1.06. The number of rotatable bonds is 6. The van der Waals surface area contributed by atoms with Gasteiger partial charge in [0.25, 0.3) is 0 Å². The second-order valence-electron chi connectivity index (χ2n) is 7.91. The molecule has 0 aliphatic carbocycles. The Balaban J connectivity index is 1.67. The molecule has 1 atom stereocenters. The number of hydrogen-bond acceptors (Lipinski definition) is 5. The minimum Gasteiger partial charge on any atom is -0.454 e. The Kier molecular flexibility index (Phi) is 5.19. The van der Waals surface area contributed by atoms with Crippen molar-refractivity contribution < 1.29 is 22.7 Å². The van der Waals surface area contributed by atoms with Crippen LogP contribution in [0, 0.1) is 5.41 Å². The second kappa shape index (κ2) is 7.10. The minimum absolute atomic E-state index is 0.0243. The van der Waals surface area contributed by atoms with Crippen molar-refractivity contribution in [2.75, 3.05) is 25.6 Å².